The highest BCUT2D eigenvalue weighted by Gasteiger charge is 2.15. The number of aryl methyl sites for hydroxylation is 1. The largest absolute Gasteiger partial charge is 0.508 e. The summed E-state index contributed by atoms with van der Waals surface area (Å²) in [6, 6.07) is 11.4. The monoisotopic (exact) mass is 300 g/mol. The number of anilines is 2. The molecule has 0 saturated heterocycles. The highest BCUT2D eigenvalue weighted by molar-refractivity contribution is 8.00. The molecular weight excluding hydrogens is 284 g/mol. The molecule has 0 unspecified atom stereocenters. The van der Waals surface area contributed by atoms with Crippen LogP contribution in [-0.2, 0) is 11.3 Å². The number of carbonyl (C=O) groups is 1. The Morgan fingerprint density at radius 2 is 2.14 bits per heavy atom. The molecule has 1 aliphatic rings. The van der Waals surface area contributed by atoms with Crippen molar-refractivity contribution in [1.29, 1.82) is 0 Å². The zero-order valence-corrected chi connectivity index (χ0v) is 12.5. The van der Waals surface area contributed by atoms with Gasteiger partial charge < -0.3 is 15.7 Å². The normalized spacial score (nSPS) is 13.5. The lowest BCUT2D eigenvalue weighted by atomic mass is 10.1. The number of benzene rings is 2. The first-order valence-electron chi connectivity index (χ1n) is 6.71. The van der Waals surface area contributed by atoms with Crippen LogP contribution in [0.25, 0.3) is 0 Å². The molecule has 108 valence electrons. The van der Waals surface area contributed by atoms with Crippen molar-refractivity contribution < 1.29 is 9.90 Å². The summed E-state index contributed by atoms with van der Waals surface area (Å²) in [7, 11) is 0. The predicted octanol–water partition coefficient (Wildman–Crippen LogP) is 3.36. The molecule has 4 nitrogen and oxygen atoms in total. The summed E-state index contributed by atoms with van der Waals surface area (Å²) in [6.45, 7) is 2.53. The van der Waals surface area contributed by atoms with Crippen molar-refractivity contribution in [2.24, 2.45) is 0 Å². The zero-order chi connectivity index (χ0) is 14.8. The van der Waals surface area contributed by atoms with Crippen molar-refractivity contribution in [2.75, 3.05) is 16.4 Å². The maximum atomic E-state index is 11.4. The van der Waals surface area contributed by atoms with Crippen LogP contribution in [0.3, 0.4) is 0 Å². The van der Waals surface area contributed by atoms with Gasteiger partial charge in [-0.15, -0.1) is 11.8 Å². The lowest BCUT2D eigenvalue weighted by Crippen LogP contribution is -2.18. The van der Waals surface area contributed by atoms with E-state index in [4.69, 9.17) is 0 Å². The number of carbonyl (C=O) groups excluding carboxylic acids is 1. The lowest BCUT2D eigenvalue weighted by molar-refractivity contribution is -0.113. The molecule has 5 heteroatoms. The van der Waals surface area contributed by atoms with Crippen LogP contribution in [-0.4, -0.2) is 16.8 Å². The fourth-order valence-corrected chi connectivity index (χ4v) is 3.03. The standard InChI is InChI=1S/C16H16N2O2S/c1-10-2-4-14(19)11(6-10)8-17-12-3-5-15-13(7-12)18-16(20)9-21-15/h2-7,17,19H,8-9H2,1H3,(H,18,20). The molecule has 0 spiro atoms. The van der Waals surface area contributed by atoms with Gasteiger partial charge in [0.15, 0.2) is 0 Å². The number of amides is 1. The minimum atomic E-state index is 0.0287. The molecular formula is C16H16N2O2S. The van der Waals surface area contributed by atoms with Gasteiger partial charge in [-0.25, -0.2) is 0 Å². The molecule has 21 heavy (non-hydrogen) atoms. The van der Waals surface area contributed by atoms with Gasteiger partial charge in [0.05, 0.1) is 11.4 Å². The SMILES string of the molecule is Cc1ccc(O)c(CNc2ccc3c(c2)NC(=O)CS3)c1. The van der Waals surface area contributed by atoms with Gasteiger partial charge in [-0.2, -0.15) is 0 Å². The summed E-state index contributed by atoms with van der Waals surface area (Å²) in [5.74, 6) is 0.785. The minimum Gasteiger partial charge on any atom is -0.508 e. The number of fused-ring (bicyclic) bond motifs is 1. The van der Waals surface area contributed by atoms with Crippen molar-refractivity contribution in [2.45, 2.75) is 18.4 Å². The molecule has 0 aliphatic carbocycles. The van der Waals surface area contributed by atoms with Crippen molar-refractivity contribution in [3.63, 3.8) is 0 Å². The first-order chi connectivity index (χ1) is 10.1. The number of hydrogen-bond acceptors (Lipinski definition) is 4. The molecule has 1 amide bonds. The first-order valence-corrected chi connectivity index (χ1v) is 7.69. The molecule has 1 heterocycles. The van der Waals surface area contributed by atoms with Crippen LogP contribution in [0.2, 0.25) is 0 Å². The quantitative estimate of drug-likeness (QED) is 0.813. The Morgan fingerprint density at radius 3 is 3.00 bits per heavy atom. The summed E-state index contributed by atoms with van der Waals surface area (Å²) < 4.78 is 0. The Balaban J connectivity index is 1.75. The predicted molar refractivity (Wildman–Crippen MR) is 86.0 cm³/mol. The molecule has 3 rings (SSSR count). The van der Waals surface area contributed by atoms with Gasteiger partial charge in [-0.3, -0.25) is 4.79 Å². The number of nitrogens with one attached hydrogen (secondary N) is 2. The third-order valence-electron chi connectivity index (χ3n) is 3.33. The van der Waals surface area contributed by atoms with Crippen LogP contribution < -0.4 is 10.6 Å². The van der Waals surface area contributed by atoms with E-state index >= 15 is 0 Å². The fraction of sp³-hybridized carbons (Fsp3) is 0.188. The van der Waals surface area contributed by atoms with Gasteiger partial charge in [0.2, 0.25) is 5.91 Å². The lowest BCUT2D eigenvalue weighted by Gasteiger charge is -2.17. The highest BCUT2D eigenvalue weighted by Crippen LogP contribution is 2.33. The minimum absolute atomic E-state index is 0.0287. The van der Waals surface area contributed by atoms with E-state index in [0.717, 1.165) is 27.4 Å². The van der Waals surface area contributed by atoms with E-state index in [1.165, 1.54) is 0 Å². The summed E-state index contributed by atoms with van der Waals surface area (Å²) in [5, 5.41) is 16.0. The molecule has 0 radical (unpaired) electrons. The number of phenols is 1. The Morgan fingerprint density at radius 1 is 1.29 bits per heavy atom. The van der Waals surface area contributed by atoms with Gasteiger partial charge in [0.25, 0.3) is 0 Å². The van der Waals surface area contributed by atoms with Crippen molar-refractivity contribution >= 4 is 29.0 Å². The molecule has 1 aliphatic heterocycles. The average molecular weight is 300 g/mol. The van der Waals surface area contributed by atoms with Crippen LogP contribution >= 0.6 is 11.8 Å². The average Bonchev–Trinajstić information content (AvgIpc) is 2.47. The van der Waals surface area contributed by atoms with E-state index in [1.54, 1.807) is 17.8 Å². The van der Waals surface area contributed by atoms with E-state index in [0.29, 0.717) is 12.3 Å². The van der Waals surface area contributed by atoms with Gasteiger partial charge in [-0.1, -0.05) is 17.7 Å². The van der Waals surface area contributed by atoms with E-state index < -0.39 is 0 Å². The van der Waals surface area contributed by atoms with Crippen LogP contribution in [0.5, 0.6) is 5.75 Å². The van der Waals surface area contributed by atoms with Crippen LogP contribution in [0.15, 0.2) is 41.3 Å². The second kappa shape index (κ2) is 5.69. The Labute approximate surface area is 127 Å². The maximum absolute atomic E-state index is 11.4. The Kier molecular flexibility index (Phi) is 3.75. The number of thioether (sulfide) groups is 1. The Bertz CT molecular complexity index is 701. The fourth-order valence-electron chi connectivity index (χ4n) is 2.25. The summed E-state index contributed by atoms with van der Waals surface area (Å²) >= 11 is 1.54. The van der Waals surface area contributed by atoms with E-state index in [-0.39, 0.29) is 11.7 Å². The van der Waals surface area contributed by atoms with E-state index in [2.05, 4.69) is 10.6 Å². The highest BCUT2D eigenvalue weighted by atomic mass is 32.2. The van der Waals surface area contributed by atoms with E-state index in [1.807, 2.05) is 37.3 Å². The third kappa shape index (κ3) is 3.13. The van der Waals surface area contributed by atoms with Crippen LogP contribution in [0, 0.1) is 6.92 Å². The topological polar surface area (TPSA) is 61.4 Å². The van der Waals surface area contributed by atoms with Gasteiger partial charge in [0, 0.05) is 22.7 Å². The molecule has 3 N–H and O–H groups in total. The van der Waals surface area contributed by atoms with Gasteiger partial charge in [0.1, 0.15) is 5.75 Å². The van der Waals surface area contributed by atoms with E-state index in [9.17, 15) is 9.90 Å². The first kappa shape index (κ1) is 13.8. The zero-order valence-electron chi connectivity index (χ0n) is 11.6. The molecule has 2 aromatic rings. The smallest absolute Gasteiger partial charge is 0.234 e. The number of rotatable bonds is 3. The Hall–Kier alpha value is -2.14. The van der Waals surface area contributed by atoms with Crippen molar-refractivity contribution in [3.8, 4) is 5.75 Å². The molecule has 0 aromatic heterocycles. The second-order valence-electron chi connectivity index (χ2n) is 5.03. The molecule has 2 aromatic carbocycles. The number of phenolic OH excluding ortho intramolecular Hbond substituents is 1. The van der Waals surface area contributed by atoms with Crippen molar-refractivity contribution in [1.82, 2.24) is 0 Å². The number of hydrogen-bond donors (Lipinski definition) is 3. The number of aromatic hydroxyl groups is 1. The van der Waals surface area contributed by atoms with Gasteiger partial charge in [-0.05, 0) is 31.2 Å². The summed E-state index contributed by atoms with van der Waals surface area (Å²) in [5.41, 5.74) is 3.72. The molecule has 0 saturated carbocycles. The molecule has 0 bridgehead atoms. The summed E-state index contributed by atoms with van der Waals surface area (Å²) in [4.78, 5) is 12.5. The molecule has 0 atom stereocenters. The third-order valence-corrected chi connectivity index (χ3v) is 4.40. The molecule has 0 fully saturated rings. The van der Waals surface area contributed by atoms with Crippen LogP contribution in [0.4, 0.5) is 11.4 Å². The van der Waals surface area contributed by atoms with Crippen LogP contribution in [0.1, 0.15) is 11.1 Å². The van der Waals surface area contributed by atoms with Gasteiger partial charge >= 0.3 is 0 Å². The van der Waals surface area contributed by atoms with Crippen molar-refractivity contribution in [3.05, 3.63) is 47.5 Å². The second-order valence-corrected chi connectivity index (χ2v) is 6.05. The summed E-state index contributed by atoms with van der Waals surface area (Å²) in [6.07, 6.45) is 0. The maximum Gasteiger partial charge on any atom is 0.234 e.